The van der Waals surface area contributed by atoms with E-state index in [0.29, 0.717) is 30.2 Å². The first kappa shape index (κ1) is 62.9. The zero-order chi connectivity index (χ0) is 54.7. The first-order valence-corrected chi connectivity index (χ1v) is 60.3. The van der Waals surface area contributed by atoms with Crippen LogP contribution in [0.5, 0.6) is 0 Å². The van der Waals surface area contributed by atoms with Crippen LogP contribution >= 0.6 is 0 Å². The van der Waals surface area contributed by atoms with Gasteiger partial charge in [0, 0.05) is 70.1 Å². The molecule has 0 radical (unpaired) electrons. The highest BCUT2D eigenvalue weighted by Gasteiger charge is 2.56. The zero-order valence-corrected chi connectivity index (χ0v) is 63.0. The predicted octanol–water partition coefficient (Wildman–Crippen LogP) is 17.9. The highest BCUT2D eigenvalue weighted by Crippen LogP contribution is 2.48. The molecule has 1 aliphatic carbocycles. The standard InChI is InChI=1S/2C24H49Si4.C6H6.C5H9N.2Al/c2*1-24(2,3)21-17-19(22(25(4,5)6)26(7,8)9)16-20(18-21)23(27(10,11)12)28(13,14)15;1-2-4-6-5-3-1;1-5(2,3)6-4;;/h2*17-18,22-23H,1-15H3;1-6H;1-3H3;;. The molecule has 0 amide bonds. The number of benzene rings is 2. The van der Waals surface area contributed by atoms with E-state index in [1.165, 1.54) is 0 Å². The fourth-order valence-corrected chi connectivity index (χ4v) is 78.9. The zero-order valence-electron chi connectivity index (χ0n) is 52.7. The van der Waals surface area contributed by atoms with E-state index < -0.39 is 92.9 Å². The van der Waals surface area contributed by atoms with Crippen molar-refractivity contribution in [1.29, 1.82) is 0 Å². The van der Waals surface area contributed by atoms with Crippen molar-refractivity contribution in [2.45, 2.75) is 266 Å². The average Bonchev–Trinajstić information content (AvgIpc) is 3.26. The van der Waals surface area contributed by atoms with Gasteiger partial charge in [-0.05, 0) is 72.9 Å². The molecule has 5 rings (SSSR count). The quantitative estimate of drug-likeness (QED) is 0.132. The minimum absolute atomic E-state index is 0.0573. The van der Waals surface area contributed by atoms with Gasteiger partial charge in [-0.3, -0.25) is 0 Å². The van der Waals surface area contributed by atoms with Gasteiger partial charge in [-0.15, -0.1) is 0 Å². The average molecular weight is 1120 g/mol. The minimum Gasteiger partial charge on any atom is -0.322 e. The van der Waals surface area contributed by atoms with Crippen molar-refractivity contribution >= 4 is 105 Å². The summed E-state index contributed by atoms with van der Waals surface area (Å²) in [6, 6.07) is 11.6. The summed E-state index contributed by atoms with van der Waals surface area (Å²) in [5.41, 5.74) is 10.4. The number of hydrogen-bond acceptors (Lipinski definition) is 1. The van der Waals surface area contributed by atoms with Crippen LogP contribution in [0, 0.1) is 0 Å². The third kappa shape index (κ3) is 14.3. The Morgan fingerprint density at radius 1 is 0.343 bits per heavy atom. The predicted molar refractivity (Wildman–Crippen MR) is 352 cm³/mol. The lowest BCUT2D eigenvalue weighted by molar-refractivity contribution is 0.586. The molecule has 0 spiro atoms. The van der Waals surface area contributed by atoms with Gasteiger partial charge >= 0.3 is 28.3 Å². The first-order valence-electron chi connectivity index (χ1n) is 28.0. The molecule has 0 fully saturated rings. The van der Waals surface area contributed by atoms with Gasteiger partial charge in [0.1, 0.15) is 0 Å². The van der Waals surface area contributed by atoms with Gasteiger partial charge in [-0.1, -0.05) is 282 Å². The fourth-order valence-electron chi connectivity index (χ4n) is 15.7. The minimum atomic E-state index is -2.14. The molecule has 0 saturated carbocycles. The van der Waals surface area contributed by atoms with Gasteiger partial charge in [0.25, 0.3) is 0 Å². The van der Waals surface area contributed by atoms with Crippen molar-refractivity contribution in [3.8, 4) is 0 Å². The SMILES string of the molecule is CC(C)(C)N=[C]1[Al]([c]2c(C([Si](C)(C)C)[Si](C)(C)C)cc(C(C)(C)C)cc2C([Si](C)(C)C)[Si](C)(C)C)[CH]2C=C[CH](C=C2)[Al]1[c]1c(C([Si](C)(C)C)[Si](C)(C)C)cc(C(C)(C)C)cc1C([Si](C)(C)C)[Si](C)(C)C. The van der Waals surface area contributed by atoms with Crippen LogP contribution in [0.2, 0.25) is 167 Å². The molecule has 11 heteroatoms. The van der Waals surface area contributed by atoms with Crippen LogP contribution in [0.1, 0.15) is 116 Å². The third-order valence-electron chi connectivity index (χ3n) is 16.0. The molecule has 1 nitrogen and oxygen atoms in total. The van der Waals surface area contributed by atoms with Gasteiger partial charge in [0.05, 0.1) is 0 Å². The van der Waals surface area contributed by atoms with Crippen LogP contribution in [-0.2, 0) is 10.8 Å². The third-order valence-corrected chi connectivity index (χ3v) is 61.8. The maximum absolute atomic E-state index is 6.58. The summed E-state index contributed by atoms with van der Waals surface area (Å²) in [6.07, 6.45) is 11.3. The van der Waals surface area contributed by atoms with Gasteiger partial charge in [0.15, 0.2) is 0 Å². The molecule has 0 unspecified atom stereocenters. The molecule has 2 aromatic rings. The Balaban J connectivity index is 2.60. The van der Waals surface area contributed by atoms with E-state index in [1.54, 1.807) is 14.6 Å². The van der Waals surface area contributed by atoms with E-state index in [-0.39, 0.29) is 16.4 Å². The molecule has 2 aliphatic heterocycles. The Bertz CT molecular complexity index is 1970. The number of allylic oxidation sites excluding steroid dienone is 4. The summed E-state index contributed by atoms with van der Waals surface area (Å²) in [5.74, 6) is 0. The van der Waals surface area contributed by atoms with Crippen LogP contribution in [0.4, 0.5) is 0 Å². The molecule has 0 N–H and O–H groups in total. The first-order chi connectivity index (χ1) is 30.7. The lowest BCUT2D eigenvalue weighted by Gasteiger charge is -2.47. The number of rotatable bonds is 14. The fraction of sp³-hybridized carbons (Fsp3) is 0.712. The molecule has 392 valence electrons. The summed E-state index contributed by atoms with van der Waals surface area (Å²) in [7, 11) is -14.2. The molecule has 2 bridgehead atoms. The molecule has 0 saturated heterocycles. The normalized spacial score (nSPS) is 18.7. The van der Waals surface area contributed by atoms with E-state index in [9.17, 15) is 0 Å². The number of fused-ring (bicyclic) bond motifs is 2. The second-order valence-electron chi connectivity index (χ2n) is 34.9. The van der Waals surface area contributed by atoms with Gasteiger partial charge < -0.3 is 4.99 Å². The second-order valence-corrected chi connectivity index (χ2v) is 86.1. The van der Waals surface area contributed by atoms with Gasteiger partial charge in [0.2, 0.25) is 0 Å². The molecule has 3 aliphatic rings. The van der Waals surface area contributed by atoms with E-state index in [2.05, 4.69) is 268 Å². The highest BCUT2D eigenvalue weighted by molar-refractivity contribution is 7.29. The van der Waals surface area contributed by atoms with Crippen LogP contribution in [0.15, 0.2) is 53.6 Å². The van der Waals surface area contributed by atoms with Crippen molar-refractivity contribution in [2.75, 3.05) is 0 Å². The van der Waals surface area contributed by atoms with Crippen molar-refractivity contribution in [1.82, 2.24) is 0 Å². The summed E-state index contributed by atoms with van der Waals surface area (Å²) < 4.78 is 6.47. The summed E-state index contributed by atoms with van der Waals surface area (Å²) in [5, 5.41) is 2.61. The largest absolute Gasteiger partial charge is 0.355 e. The van der Waals surface area contributed by atoms with Crippen molar-refractivity contribution in [3.05, 3.63) is 82.0 Å². The van der Waals surface area contributed by atoms with Gasteiger partial charge in [-0.25, -0.2) is 0 Å². The Kier molecular flexibility index (Phi) is 18.3. The second kappa shape index (κ2) is 20.3. The lowest BCUT2D eigenvalue weighted by Crippen LogP contribution is -2.62. The topological polar surface area (TPSA) is 12.4 Å². The van der Waals surface area contributed by atoms with E-state index in [0.717, 1.165) is 0 Å². The van der Waals surface area contributed by atoms with Gasteiger partial charge in [-0.2, -0.15) is 0 Å². The van der Waals surface area contributed by atoms with E-state index in [4.69, 9.17) is 4.99 Å². The molecule has 2 aromatic carbocycles. The monoisotopic (exact) mass is 1110 g/mol. The van der Waals surface area contributed by atoms with Crippen molar-refractivity contribution in [3.63, 3.8) is 0 Å². The van der Waals surface area contributed by atoms with E-state index in [1.807, 2.05) is 31.1 Å². The van der Waals surface area contributed by atoms with Crippen LogP contribution < -0.4 is 8.85 Å². The van der Waals surface area contributed by atoms with E-state index >= 15 is 0 Å². The maximum Gasteiger partial charge on any atom is 0.355 e. The van der Waals surface area contributed by atoms with Crippen molar-refractivity contribution < 1.29 is 0 Å². The number of hydrogen-bond donors (Lipinski definition) is 0. The Hall–Kier alpha value is 0.390. The highest BCUT2D eigenvalue weighted by atomic mass is 28.4. The van der Waals surface area contributed by atoms with Crippen LogP contribution in [0.25, 0.3) is 0 Å². The lowest BCUT2D eigenvalue weighted by atomic mass is 9.85. The molecular formula is C59H113Al2NSi8. The van der Waals surface area contributed by atoms with Crippen LogP contribution in [-0.4, -0.2) is 102 Å². The molecule has 0 atom stereocenters. The number of nitrogens with zero attached hydrogens (tertiary/aromatic N) is 1. The maximum atomic E-state index is 6.58. The number of aliphatic imine (C=N–C) groups is 1. The summed E-state index contributed by atoms with van der Waals surface area (Å²) in [4.78, 5) is 6.58. The molecular weight excluding hydrogens is 1000 g/mol. The molecule has 0 aromatic heterocycles. The summed E-state index contributed by atoms with van der Waals surface area (Å²) in [6.45, 7) is 88.4. The molecule has 2 heterocycles. The van der Waals surface area contributed by atoms with Crippen LogP contribution in [0.3, 0.4) is 0 Å². The Labute approximate surface area is 454 Å². The van der Waals surface area contributed by atoms with Crippen molar-refractivity contribution in [2.24, 2.45) is 4.99 Å². The summed E-state index contributed by atoms with van der Waals surface area (Å²) >= 11 is -4.29. The Morgan fingerprint density at radius 3 is 0.671 bits per heavy atom. The molecule has 70 heavy (non-hydrogen) atoms. The smallest absolute Gasteiger partial charge is 0.322 e. The Morgan fingerprint density at radius 2 is 0.529 bits per heavy atom.